The van der Waals surface area contributed by atoms with Crippen molar-refractivity contribution in [3.05, 3.63) is 128 Å². The maximum Gasteiger partial charge on any atom is 0.264 e. The number of carbonyl (C=O) groups excluding carboxylic acids is 2. The molecule has 0 spiro atoms. The first-order valence-electron chi connectivity index (χ1n) is 15.9. The highest BCUT2D eigenvalue weighted by atomic mass is 79.9. The van der Waals surface area contributed by atoms with E-state index in [1.54, 1.807) is 54.6 Å². The lowest BCUT2D eigenvalue weighted by Gasteiger charge is -2.35. The van der Waals surface area contributed by atoms with E-state index in [4.69, 9.17) is 23.2 Å². The number of amides is 2. The zero-order valence-corrected chi connectivity index (χ0v) is 30.5. The normalized spacial score (nSPS) is 14.2. The van der Waals surface area contributed by atoms with Crippen LogP contribution in [0.5, 0.6) is 0 Å². The first-order chi connectivity index (χ1) is 23.0. The van der Waals surface area contributed by atoms with E-state index in [1.807, 2.05) is 37.3 Å². The second-order valence-corrected chi connectivity index (χ2v) is 15.7. The van der Waals surface area contributed by atoms with Gasteiger partial charge in [0.1, 0.15) is 12.6 Å². The van der Waals surface area contributed by atoms with Crippen LogP contribution in [0.15, 0.2) is 106 Å². The number of hydrogen-bond donors (Lipinski definition) is 1. The third-order valence-electron chi connectivity index (χ3n) is 8.54. The predicted octanol–water partition coefficient (Wildman–Crippen LogP) is 8.35. The fourth-order valence-electron chi connectivity index (χ4n) is 5.93. The summed E-state index contributed by atoms with van der Waals surface area (Å²) in [6, 6.07) is 26.9. The van der Waals surface area contributed by atoms with Gasteiger partial charge >= 0.3 is 0 Å². The van der Waals surface area contributed by atoms with E-state index in [-0.39, 0.29) is 29.8 Å². The Bertz CT molecular complexity index is 1840. The molecule has 1 aliphatic rings. The molecule has 252 valence electrons. The van der Waals surface area contributed by atoms with Crippen LogP contribution >= 0.6 is 39.1 Å². The van der Waals surface area contributed by atoms with Crippen LogP contribution in [-0.2, 0) is 32.6 Å². The lowest BCUT2D eigenvalue weighted by Crippen LogP contribution is -2.55. The topological polar surface area (TPSA) is 86.8 Å². The quantitative estimate of drug-likeness (QED) is 0.157. The smallest absolute Gasteiger partial charge is 0.264 e. The van der Waals surface area contributed by atoms with Gasteiger partial charge in [0, 0.05) is 23.5 Å². The van der Waals surface area contributed by atoms with Gasteiger partial charge in [-0.3, -0.25) is 13.9 Å². The predicted molar refractivity (Wildman–Crippen MR) is 196 cm³/mol. The van der Waals surface area contributed by atoms with Gasteiger partial charge in [-0.1, -0.05) is 119 Å². The number of sulfonamides is 1. The SMILES string of the molecule is Cc1ccc(S(=O)(=O)N(CC(=O)N(Cc2ccc(Cl)c(Cl)c2)C(Cc2ccccc2)C(=O)NC2CCCCC2)c2cccc(Br)c2)cc1. The van der Waals surface area contributed by atoms with E-state index in [0.717, 1.165) is 47.5 Å². The van der Waals surface area contributed by atoms with Crippen molar-refractivity contribution in [1.29, 1.82) is 0 Å². The molecule has 11 heteroatoms. The van der Waals surface area contributed by atoms with Crippen molar-refractivity contribution in [2.45, 2.75) is 69.0 Å². The van der Waals surface area contributed by atoms with E-state index in [2.05, 4.69) is 21.2 Å². The Morgan fingerprint density at radius 2 is 1.56 bits per heavy atom. The summed E-state index contributed by atoms with van der Waals surface area (Å²) in [4.78, 5) is 30.5. The molecule has 0 radical (unpaired) electrons. The van der Waals surface area contributed by atoms with Gasteiger partial charge in [-0.2, -0.15) is 0 Å². The summed E-state index contributed by atoms with van der Waals surface area (Å²) in [5.74, 6) is -0.828. The molecular weight excluding hydrogens is 733 g/mol. The average Bonchev–Trinajstić information content (AvgIpc) is 3.07. The van der Waals surface area contributed by atoms with Crippen molar-refractivity contribution in [3.63, 3.8) is 0 Å². The van der Waals surface area contributed by atoms with Crippen LogP contribution in [0.25, 0.3) is 0 Å². The number of benzene rings is 4. The molecule has 0 heterocycles. The van der Waals surface area contributed by atoms with Gasteiger partial charge in [0.05, 0.1) is 20.6 Å². The van der Waals surface area contributed by atoms with Crippen LogP contribution in [0.3, 0.4) is 0 Å². The van der Waals surface area contributed by atoms with Gasteiger partial charge in [-0.05, 0) is 73.4 Å². The number of rotatable bonds is 12. The van der Waals surface area contributed by atoms with E-state index < -0.39 is 28.5 Å². The zero-order chi connectivity index (χ0) is 34.3. The Morgan fingerprint density at radius 1 is 0.854 bits per heavy atom. The van der Waals surface area contributed by atoms with Crippen LogP contribution in [0.2, 0.25) is 10.0 Å². The lowest BCUT2D eigenvalue weighted by molar-refractivity contribution is -0.140. The van der Waals surface area contributed by atoms with Gasteiger partial charge in [0.2, 0.25) is 11.8 Å². The van der Waals surface area contributed by atoms with Crippen LogP contribution in [-0.4, -0.2) is 43.8 Å². The van der Waals surface area contributed by atoms with Crippen molar-refractivity contribution in [2.24, 2.45) is 0 Å². The minimum atomic E-state index is -4.20. The van der Waals surface area contributed by atoms with E-state index in [9.17, 15) is 18.0 Å². The second kappa shape index (κ2) is 16.4. The first kappa shape index (κ1) is 35.9. The van der Waals surface area contributed by atoms with Crippen molar-refractivity contribution < 1.29 is 18.0 Å². The number of nitrogens with one attached hydrogen (secondary N) is 1. The monoisotopic (exact) mass is 769 g/mol. The van der Waals surface area contributed by atoms with Crippen LogP contribution < -0.4 is 9.62 Å². The summed E-state index contributed by atoms with van der Waals surface area (Å²) >= 11 is 16.1. The second-order valence-electron chi connectivity index (χ2n) is 12.1. The number of nitrogens with zero attached hydrogens (tertiary/aromatic N) is 2. The van der Waals surface area contributed by atoms with Gasteiger partial charge in [0.25, 0.3) is 10.0 Å². The summed E-state index contributed by atoms with van der Waals surface area (Å²) in [6.45, 7) is 1.33. The molecule has 1 unspecified atom stereocenters. The van der Waals surface area contributed by atoms with Crippen LogP contribution in [0, 0.1) is 6.92 Å². The highest BCUT2D eigenvalue weighted by molar-refractivity contribution is 9.10. The largest absolute Gasteiger partial charge is 0.352 e. The Kier molecular flexibility index (Phi) is 12.2. The molecule has 4 aromatic rings. The Balaban J connectivity index is 1.57. The molecule has 0 aromatic heterocycles. The molecule has 0 aliphatic heterocycles. The van der Waals surface area contributed by atoms with Crippen LogP contribution in [0.1, 0.15) is 48.8 Å². The molecule has 1 aliphatic carbocycles. The maximum absolute atomic E-state index is 14.7. The number of aryl methyl sites for hydroxylation is 1. The number of halogens is 3. The van der Waals surface area contributed by atoms with Crippen molar-refractivity contribution >= 4 is 66.7 Å². The van der Waals surface area contributed by atoms with Crippen molar-refractivity contribution in [1.82, 2.24) is 10.2 Å². The van der Waals surface area contributed by atoms with Gasteiger partial charge in [0.15, 0.2) is 0 Å². The molecule has 1 saturated carbocycles. The Labute approximate surface area is 301 Å². The summed E-state index contributed by atoms with van der Waals surface area (Å²) in [5.41, 5.74) is 2.72. The molecule has 48 heavy (non-hydrogen) atoms. The van der Waals surface area contributed by atoms with Crippen molar-refractivity contribution in [2.75, 3.05) is 10.8 Å². The molecule has 0 saturated heterocycles. The first-order valence-corrected chi connectivity index (χ1v) is 18.9. The molecule has 4 aromatic carbocycles. The summed E-state index contributed by atoms with van der Waals surface area (Å²) in [5, 5.41) is 3.89. The van der Waals surface area contributed by atoms with Crippen LogP contribution in [0.4, 0.5) is 5.69 Å². The zero-order valence-electron chi connectivity index (χ0n) is 26.6. The van der Waals surface area contributed by atoms with E-state index >= 15 is 0 Å². The van der Waals surface area contributed by atoms with E-state index in [0.29, 0.717) is 25.8 Å². The molecular formula is C37H38BrCl2N3O4S. The third kappa shape index (κ3) is 9.20. The van der Waals surface area contributed by atoms with Gasteiger partial charge in [-0.25, -0.2) is 8.42 Å². The fraction of sp³-hybridized carbons (Fsp3) is 0.297. The fourth-order valence-corrected chi connectivity index (χ4v) is 8.04. The van der Waals surface area contributed by atoms with Crippen molar-refractivity contribution in [3.8, 4) is 0 Å². The lowest BCUT2D eigenvalue weighted by atomic mass is 9.94. The summed E-state index contributed by atoms with van der Waals surface area (Å²) < 4.78 is 30.2. The minimum absolute atomic E-state index is 0.00220. The van der Waals surface area contributed by atoms with Gasteiger partial charge < -0.3 is 10.2 Å². The maximum atomic E-state index is 14.7. The van der Waals surface area contributed by atoms with E-state index in [1.165, 1.54) is 17.0 Å². The molecule has 2 amide bonds. The molecule has 1 fully saturated rings. The number of anilines is 1. The third-order valence-corrected chi connectivity index (χ3v) is 11.6. The summed E-state index contributed by atoms with van der Waals surface area (Å²) in [6.07, 6.45) is 5.15. The number of carbonyl (C=O) groups is 2. The summed E-state index contributed by atoms with van der Waals surface area (Å²) in [7, 11) is -4.20. The average molecular weight is 772 g/mol. The Morgan fingerprint density at radius 3 is 2.23 bits per heavy atom. The highest BCUT2D eigenvalue weighted by Gasteiger charge is 2.35. The molecule has 7 nitrogen and oxygen atoms in total. The highest BCUT2D eigenvalue weighted by Crippen LogP contribution is 2.29. The van der Waals surface area contributed by atoms with Gasteiger partial charge in [-0.15, -0.1) is 0 Å². The number of hydrogen-bond acceptors (Lipinski definition) is 4. The standard InChI is InChI=1S/C37H38BrCl2N3O4S/c1-26-15-18-32(19-16-26)48(46,47)43(31-14-8-11-29(38)23-31)25-36(44)42(24-28-17-20-33(39)34(40)21-28)35(22-27-9-4-2-5-10-27)37(45)41-30-12-6-3-7-13-30/h2,4-5,8-11,14-21,23,30,35H,3,6-7,12-13,22,24-25H2,1H3,(H,41,45). The molecule has 1 N–H and O–H groups in total. The molecule has 0 bridgehead atoms. The Hall–Kier alpha value is -3.37. The minimum Gasteiger partial charge on any atom is -0.352 e. The molecule has 1 atom stereocenters. The molecule has 5 rings (SSSR count).